The molecule has 0 aromatic heterocycles. The van der Waals surface area contributed by atoms with Crippen LogP contribution in [0.5, 0.6) is 0 Å². The molecule has 0 spiro atoms. The average molecular weight is 331 g/mol. The number of alkyl carbamates (subject to hydrolysis) is 1. The van der Waals surface area contributed by atoms with Crippen molar-refractivity contribution in [3.63, 3.8) is 0 Å². The number of carboxylic acid groups (broad SMARTS) is 1. The number of carbonyl (C=O) groups excluding carboxylic acids is 1. The fraction of sp³-hybridized carbons (Fsp3) is 0.765. The number of rotatable bonds is 8. The highest BCUT2D eigenvalue weighted by Gasteiger charge is 2.21. The van der Waals surface area contributed by atoms with Gasteiger partial charge in [0, 0.05) is 12.3 Å². The number of aliphatic hydroxyl groups excluding tert-OH is 1. The van der Waals surface area contributed by atoms with Gasteiger partial charge in [-0.05, 0) is 33.6 Å². The van der Waals surface area contributed by atoms with Gasteiger partial charge in [-0.3, -0.25) is 10.1 Å². The molecule has 1 unspecified atom stereocenters. The van der Waals surface area contributed by atoms with Gasteiger partial charge in [-0.15, -0.1) is 6.58 Å². The second-order valence-electron chi connectivity index (χ2n) is 6.25. The predicted molar refractivity (Wildman–Crippen MR) is 91.1 cm³/mol. The van der Waals surface area contributed by atoms with E-state index in [4.69, 9.17) is 9.84 Å². The zero-order chi connectivity index (χ0) is 18.5. The highest BCUT2D eigenvalue weighted by Crippen LogP contribution is 2.10. The van der Waals surface area contributed by atoms with Crippen LogP contribution in [0.4, 0.5) is 4.79 Å². The lowest BCUT2D eigenvalue weighted by Gasteiger charge is -2.23. The van der Waals surface area contributed by atoms with Gasteiger partial charge in [0.05, 0.1) is 0 Å². The molecule has 0 aromatic rings. The van der Waals surface area contributed by atoms with Crippen LogP contribution in [0.25, 0.3) is 0 Å². The van der Waals surface area contributed by atoms with Gasteiger partial charge in [-0.25, -0.2) is 4.79 Å². The standard InChI is InChI=1S/C11H21NO3.C6H12O2/c1-6-8(7-2)9(13)12-10(14)15-11(3,4)5;1-2-3-4-5-6(7)8/h6,8-9,13H,1,7H2,2-5H3,(H,12,14);2-5H2,1H3,(H,7,8)/t8-,9?;/m0./s1. The van der Waals surface area contributed by atoms with Gasteiger partial charge >= 0.3 is 12.1 Å². The Bertz CT molecular complexity index is 349. The fourth-order valence-corrected chi connectivity index (χ4v) is 1.58. The molecule has 0 rings (SSSR count). The molecule has 0 aliphatic heterocycles. The topological polar surface area (TPSA) is 95.9 Å². The summed E-state index contributed by atoms with van der Waals surface area (Å²) in [5.74, 6) is -0.837. The van der Waals surface area contributed by atoms with Crippen LogP contribution in [0, 0.1) is 5.92 Å². The monoisotopic (exact) mass is 331 g/mol. The van der Waals surface area contributed by atoms with E-state index in [1.165, 1.54) is 0 Å². The molecule has 136 valence electrons. The molecule has 0 fully saturated rings. The summed E-state index contributed by atoms with van der Waals surface area (Å²) >= 11 is 0. The van der Waals surface area contributed by atoms with Gasteiger partial charge in [0.2, 0.25) is 0 Å². The van der Waals surface area contributed by atoms with E-state index in [1.807, 2.05) is 6.92 Å². The SMILES string of the molecule is C=C[C@@H](CC)C(O)NC(=O)OC(C)(C)C.CCCCCC(=O)O. The average Bonchev–Trinajstić information content (AvgIpc) is 2.38. The molecule has 6 nitrogen and oxygen atoms in total. The molecule has 0 aliphatic carbocycles. The Labute approximate surface area is 139 Å². The minimum atomic E-state index is -0.942. The summed E-state index contributed by atoms with van der Waals surface area (Å²) in [5, 5.41) is 20.1. The van der Waals surface area contributed by atoms with E-state index < -0.39 is 23.9 Å². The number of aliphatic hydroxyl groups is 1. The van der Waals surface area contributed by atoms with Crippen molar-refractivity contribution in [3.8, 4) is 0 Å². The molecule has 6 heteroatoms. The number of nitrogens with one attached hydrogen (secondary N) is 1. The number of carboxylic acids is 1. The molecule has 0 heterocycles. The van der Waals surface area contributed by atoms with E-state index in [-0.39, 0.29) is 5.92 Å². The Balaban J connectivity index is 0. The zero-order valence-electron chi connectivity index (χ0n) is 15.1. The van der Waals surface area contributed by atoms with Crippen LogP contribution in [-0.2, 0) is 9.53 Å². The van der Waals surface area contributed by atoms with Crippen molar-refractivity contribution in [1.82, 2.24) is 5.32 Å². The van der Waals surface area contributed by atoms with E-state index in [9.17, 15) is 14.7 Å². The molecule has 0 saturated carbocycles. The normalized spacial score (nSPS) is 13.1. The first-order valence-electron chi connectivity index (χ1n) is 8.09. The first kappa shape index (κ1) is 23.7. The molecular weight excluding hydrogens is 298 g/mol. The number of aliphatic carboxylic acids is 1. The van der Waals surface area contributed by atoms with Crippen molar-refractivity contribution in [2.45, 2.75) is 78.6 Å². The maximum Gasteiger partial charge on any atom is 0.409 e. The second kappa shape index (κ2) is 12.9. The first-order chi connectivity index (χ1) is 10.6. The summed E-state index contributed by atoms with van der Waals surface area (Å²) in [6, 6.07) is 0. The molecular formula is C17H33NO5. The van der Waals surface area contributed by atoms with Gasteiger partial charge < -0.3 is 14.9 Å². The summed E-state index contributed by atoms with van der Waals surface area (Å²) < 4.78 is 5.00. The van der Waals surface area contributed by atoms with Crippen LogP contribution >= 0.6 is 0 Å². The number of unbranched alkanes of at least 4 members (excludes halogenated alkanes) is 2. The molecule has 0 bridgehead atoms. The van der Waals surface area contributed by atoms with Gasteiger partial charge in [0.1, 0.15) is 11.8 Å². The number of carbonyl (C=O) groups is 2. The maximum absolute atomic E-state index is 11.3. The lowest BCUT2D eigenvalue weighted by Crippen LogP contribution is -2.42. The van der Waals surface area contributed by atoms with Crippen LogP contribution < -0.4 is 5.32 Å². The number of hydrogen-bond donors (Lipinski definition) is 3. The smallest absolute Gasteiger partial charge is 0.409 e. The summed E-state index contributed by atoms with van der Waals surface area (Å²) in [5.41, 5.74) is -0.556. The Kier molecular flexibility index (Phi) is 13.3. The molecule has 0 saturated heterocycles. The third-order valence-corrected chi connectivity index (χ3v) is 2.84. The lowest BCUT2D eigenvalue weighted by molar-refractivity contribution is -0.137. The van der Waals surface area contributed by atoms with E-state index in [0.717, 1.165) is 19.3 Å². The van der Waals surface area contributed by atoms with Gasteiger partial charge in [0.15, 0.2) is 0 Å². The van der Waals surface area contributed by atoms with Gasteiger partial charge in [0.25, 0.3) is 0 Å². The van der Waals surface area contributed by atoms with Gasteiger partial charge in [-0.1, -0.05) is 32.8 Å². The predicted octanol–water partition coefficient (Wildman–Crippen LogP) is 3.69. The minimum absolute atomic E-state index is 0.155. The third-order valence-electron chi connectivity index (χ3n) is 2.84. The summed E-state index contributed by atoms with van der Waals surface area (Å²) in [7, 11) is 0. The largest absolute Gasteiger partial charge is 0.481 e. The van der Waals surface area contributed by atoms with E-state index in [0.29, 0.717) is 12.8 Å². The summed E-state index contributed by atoms with van der Waals surface area (Å²) in [4.78, 5) is 21.2. The van der Waals surface area contributed by atoms with Crippen molar-refractivity contribution in [2.75, 3.05) is 0 Å². The number of ether oxygens (including phenoxy) is 1. The zero-order valence-corrected chi connectivity index (χ0v) is 15.1. The Hall–Kier alpha value is -1.56. The summed E-state index contributed by atoms with van der Waals surface area (Å²) in [6.07, 6.45) is 4.04. The van der Waals surface area contributed by atoms with Crippen LogP contribution in [0.2, 0.25) is 0 Å². The number of hydrogen-bond acceptors (Lipinski definition) is 4. The van der Waals surface area contributed by atoms with Gasteiger partial charge in [-0.2, -0.15) is 0 Å². The Morgan fingerprint density at radius 2 is 1.83 bits per heavy atom. The molecule has 0 radical (unpaired) electrons. The van der Waals surface area contributed by atoms with E-state index in [2.05, 4.69) is 18.8 Å². The molecule has 3 N–H and O–H groups in total. The molecule has 0 aromatic carbocycles. The molecule has 1 amide bonds. The second-order valence-corrected chi connectivity index (χ2v) is 6.25. The van der Waals surface area contributed by atoms with Crippen molar-refractivity contribution >= 4 is 12.1 Å². The molecule has 23 heavy (non-hydrogen) atoms. The highest BCUT2D eigenvalue weighted by molar-refractivity contribution is 5.68. The molecule has 2 atom stereocenters. The maximum atomic E-state index is 11.3. The van der Waals surface area contributed by atoms with Crippen molar-refractivity contribution in [2.24, 2.45) is 5.92 Å². The fourth-order valence-electron chi connectivity index (χ4n) is 1.58. The van der Waals surface area contributed by atoms with Crippen LogP contribution in [0.1, 0.15) is 66.7 Å². The Morgan fingerprint density at radius 1 is 1.26 bits per heavy atom. The van der Waals surface area contributed by atoms with Crippen LogP contribution in [0.15, 0.2) is 12.7 Å². The highest BCUT2D eigenvalue weighted by atomic mass is 16.6. The van der Waals surface area contributed by atoms with Crippen LogP contribution in [-0.4, -0.2) is 34.1 Å². The third kappa shape index (κ3) is 16.6. The number of amides is 1. The lowest BCUT2D eigenvalue weighted by atomic mass is 10.1. The van der Waals surface area contributed by atoms with Crippen molar-refractivity contribution < 1.29 is 24.5 Å². The van der Waals surface area contributed by atoms with Crippen molar-refractivity contribution in [3.05, 3.63) is 12.7 Å². The molecule has 0 aliphatic rings. The summed E-state index contributed by atoms with van der Waals surface area (Å²) in [6.45, 7) is 12.9. The van der Waals surface area contributed by atoms with E-state index in [1.54, 1.807) is 26.8 Å². The van der Waals surface area contributed by atoms with Crippen LogP contribution in [0.3, 0.4) is 0 Å². The van der Waals surface area contributed by atoms with E-state index >= 15 is 0 Å². The minimum Gasteiger partial charge on any atom is -0.481 e. The first-order valence-corrected chi connectivity index (χ1v) is 8.09. The van der Waals surface area contributed by atoms with Crippen molar-refractivity contribution in [1.29, 1.82) is 0 Å². The quantitative estimate of drug-likeness (QED) is 0.358. The Morgan fingerprint density at radius 3 is 2.17 bits per heavy atom.